The van der Waals surface area contributed by atoms with Crippen LogP contribution in [0.1, 0.15) is 11.1 Å². The minimum absolute atomic E-state index is 0.412. The van der Waals surface area contributed by atoms with E-state index in [1.165, 1.54) is 0 Å². The van der Waals surface area contributed by atoms with Gasteiger partial charge in [-0.25, -0.2) is 0 Å². The summed E-state index contributed by atoms with van der Waals surface area (Å²) in [6, 6.07) is 9.49. The van der Waals surface area contributed by atoms with E-state index >= 15 is 0 Å². The van der Waals surface area contributed by atoms with Crippen LogP contribution in [-0.2, 0) is 6.54 Å². The molecular weight excluding hydrogens is 312 g/mol. The summed E-state index contributed by atoms with van der Waals surface area (Å²) in [6.45, 7) is 2.62. The van der Waals surface area contributed by atoms with Crippen LogP contribution in [0.2, 0.25) is 5.02 Å². The fraction of sp³-hybridized carbons (Fsp3) is 0.125. The van der Waals surface area contributed by atoms with Gasteiger partial charge in [0, 0.05) is 29.6 Å². The smallest absolute Gasteiger partial charge is 0.249 e. The minimum Gasteiger partial charge on any atom is -0.365 e. The molecule has 3 rings (SSSR count). The molecule has 0 unspecified atom stereocenters. The number of aryl methyl sites for hydroxylation is 1. The molecule has 2 aromatic heterocycles. The van der Waals surface area contributed by atoms with Gasteiger partial charge in [-0.15, -0.1) is 5.10 Å². The molecule has 1 aromatic carbocycles. The number of nitrogens with zero attached hydrogens (tertiary/aromatic N) is 4. The number of hydrogen-bond donors (Lipinski definition) is 2. The SMILES string of the molecule is Cc1ccc(Cl)cc1Nc1nncc(NCc2ccncc2)n1. The van der Waals surface area contributed by atoms with Crippen molar-refractivity contribution in [1.29, 1.82) is 0 Å². The zero-order valence-corrected chi connectivity index (χ0v) is 13.2. The maximum atomic E-state index is 6.02. The van der Waals surface area contributed by atoms with Crippen LogP contribution >= 0.6 is 11.6 Å². The van der Waals surface area contributed by atoms with E-state index < -0.39 is 0 Å². The average molecular weight is 327 g/mol. The van der Waals surface area contributed by atoms with Crippen molar-refractivity contribution in [2.24, 2.45) is 0 Å². The third kappa shape index (κ3) is 4.14. The van der Waals surface area contributed by atoms with Gasteiger partial charge < -0.3 is 10.6 Å². The third-order valence-electron chi connectivity index (χ3n) is 3.23. The number of rotatable bonds is 5. The summed E-state index contributed by atoms with van der Waals surface area (Å²) in [5.74, 6) is 1.05. The first-order valence-electron chi connectivity index (χ1n) is 7.06. The summed E-state index contributed by atoms with van der Waals surface area (Å²) in [5, 5.41) is 14.9. The first kappa shape index (κ1) is 15.2. The van der Waals surface area contributed by atoms with E-state index in [9.17, 15) is 0 Å². The lowest BCUT2D eigenvalue weighted by molar-refractivity contribution is 0.964. The molecule has 6 nitrogen and oxygen atoms in total. The van der Waals surface area contributed by atoms with E-state index in [0.717, 1.165) is 16.8 Å². The number of aromatic nitrogens is 4. The first-order chi connectivity index (χ1) is 11.2. The molecule has 0 amide bonds. The van der Waals surface area contributed by atoms with Gasteiger partial charge in [0.05, 0.1) is 6.20 Å². The molecule has 3 aromatic rings. The van der Waals surface area contributed by atoms with E-state index in [4.69, 9.17) is 11.6 Å². The van der Waals surface area contributed by atoms with Crippen molar-refractivity contribution in [3.8, 4) is 0 Å². The van der Waals surface area contributed by atoms with E-state index in [-0.39, 0.29) is 0 Å². The monoisotopic (exact) mass is 326 g/mol. The Hall–Kier alpha value is -2.73. The van der Waals surface area contributed by atoms with Crippen molar-refractivity contribution in [2.45, 2.75) is 13.5 Å². The van der Waals surface area contributed by atoms with Crippen LogP contribution in [0.25, 0.3) is 0 Å². The summed E-state index contributed by atoms with van der Waals surface area (Å²) in [4.78, 5) is 8.39. The Morgan fingerprint density at radius 1 is 1.13 bits per heavy atom. The van der Waals surface area contributed by atoms with Crippen LogP contribution in [-0.4, -0.2) is 20.2 Å². The van der Waals surface area contributed by atoms with Gasteiger partial charge in [0.1, 0.15) is 0 Å². The Kier molecular flexibility index (Phi) is 4.63. The average Bonchev–Trinajstić information content (AvgIpc) is 2.58. The highest BCUT2D eigenvalue weighted by Crippen LogP contribution is 2.22. The second-order valence-corrected chi connectivity index (χ2v) is 5.39. The molecule has 0 aliphatic rings. The molecule has 0 fully saturated rings. The van der Waals surface area contributed by atoms with E-state index in [2.05, 4.69) is 30.8 Å². The van der Waals surface area contributed by atoms with Gasteiger partial charge in [0.25, 0.3) is 0 Å². The third-order valence-corrected chi connectivity index (χ3v) is 3.46. The largest absolute Gasteiger partial charge is 0.365 e. The zero-order valence-electron chi connectivity index (χ0n) is 12.5. The van der Waals surface area contributed by atoms with Gasteiger partial charge in [0.15, 0.2) is 5.82 Å². The van der Waals surface area contributed by atoms with Crippen molar-refractivity contribution < 1.29 is 0 Å². The standard InChI is InChI=1S/C16H15ClN6/c1-11-2-3-13(17)8-14(11)21-16-22-15(10-20-23-16)19-9-12-4-6-18-7-5-12/h2-8,10H,9H2,1H3,(H2,19,21,22,23). The molecule has 7 heteroatoms. The molecule has 0 saturated heterocycles. The lowest BCUT2D eigenvalue weighted by atomic mass is 10.2. The predicted molar refractivity (Wildman–Crippen MR) is 90.9 cm³/mol. The summed E-state index contributed by atoms with van der Waals surface area (Å²) in [7, 11) is 0. The van der Waals surface area contributed by atoms with Crippen molar-refractivity contribution in [3.05, 3.63) is 65.1 Å². The van der Waals surface area contributed by atoms with Crippen LogP contribution in [0.4, 0.5) is 17.5 Å². The van der Waals surface area contributed by atoms with Gasteiger partial charge in [-0.3, -0.25) is 4.98 Å². The lowest BCUT2D eigenvalue weighted by Gasteiger charge is -2.09. The molecule has 0 atom stereocenters. The van der Waals surface area contributed by atoms with Gasteiger partial charge in [-0.1, -0.05) is 17.7 Å². The molecule has 0 spiro atoms. The molecule has 2 N–H and O–H groups in total. The molecule has 0 saturated carbocycles. The Labute approximate surface area is 139 Å². The maximum absolute atomic E-state index is 6.02. The van der Waals surface area contributed by atoms with Gasteiger partial charge in [-0.2, -0.15) is 10.1 Å². The zero-order chi connectivity index (χ0) is 16.1. The molecule has 2 heterocycles. The summed E-state index contributed by atoms with van der Waals surface area (Å²) >= 11 is 6.02. The molecule has 0 aliphatic carbocycles. The molecule has 116 valence electrons. The van der Waals surface area contributed by atoms with E-state index in [0.29, 0.717) is 23.3 Å². The van der Waals surface area contributed by atoms with Crippen molar-refractivity contribution in [1.82, 2.24) is 20.2 Å². The number of halogens is 1. The lowest BCUT2D eigenvalue weighted by Crippen LogP contribution is -2.06. The normalized spacial score (nSPS) is 10.3. The van der Waals surface area contributed by atoms with Crippen molar-refractivity contribution in [3.63, 3.8) is 0 Å². The minimum atomic E-state index is 0.412. The van der Waals surface area contributed by atoms with Crippen LogP contribution in [0.5, 0.6) is 0 Å². The Morgan fingerprint density at radius 2 is 1.96 bits per heavy atom. The molecule has 23 heavy (non-hydrogen) atoms. The fourth-order valence-corrected chi connectivity index (χ4v) is 2.16. The number of nitrogens with one attached hydrogen (secondary N) is 2. The van der Waals surface area contributed by atoms with E-state index in [1.54, 1.807) is 18.6 Å². The quantitative estimate of drug-likeness (QED) is 0.746. The highest BCUT2D eigenvalue weighted by atomic mass is 35.5. The fourth-order valence-electron chi connectivity index (χ4n) is 1.98. The summed E-state index contributed by atoms with van der Waals surface area (Å²) in [6.07, 6.45) is 5.09. The van der Waals surface area contributed by atoms with E-state index in [1.807, 2.05) is 37.3 Å². The topological polar surface area (TPSA) is 75.6 Å². The summed E-state index contributed by atoms with van der Waals surface area (Å²) in [5.41, 5.74) is 3.01. The highest BCUT2D eigenvalue weighted by molar-refractivity contribution is 6.30. The van der Waals surface area contributed by atoms with Crippen LogP contribution in [0.3, 0.4) is 0 Å². The van der Waals surface area contributed by atoms with Crippen LogP contribution in [0.15, 0.2) is 48.9 Å². The maximum Gasteiger partial charge on any atom is 0.249 e. The molecule has 0 radical (unpaired) electrons. The molecular formula is C16H15ClN6. The Bertz CT molecular complexity index is 794. The highest BCUT2D eigenvalue weighted by Gasteiger charge is 2.04. The second-order valence-electron chi connectivity index (χ2n) is 4.96. The van der Waals surface area contributed by atoms with Crippen LogP contribution < -0.4 is 10.6 Å². The second kappa shape index (κ2) is 7.02. The number of anilines is 3. The Morgan fingerprint density at radius 3 is 2.78 bits per heavy atom. The molecule has 0 bridgehead atoms. The summed E-state index contributed by atoms with van der Waals surface area (Å²) < 4.78 is 0. The van der Waals surface area contributed by atoms with Crippen molar-refractivity contribution in [2.75, 3.05) is 10.6 Å². The van der Waals surface area contributed by atoms with Gasteiger partial charge in [-0.05, 0) is 42.3 Å². The van der Waals surface area contributed by atoms with Gasteiger partial charge in [0.2, 0.25) is 5.95 Å². The molecule has 0 aliphatic heterocycles. The Balaban J connectivity index is 1.71. The first-order valence-corrected chi connectivity index (χ1v) is 7.44. The number of benzene rings is 1. The number of hydrogen-bond acceptors (Lipinski definition) is 6. The number of pyridine rings is 1. The van der Waals surface area contributed by atoms with Gasteiger partial charge >= 0.3 is 0 Å². The predicted octanol–water partition coefficient (Wildman–Crippen LogP) is 3.58. The van der Waals surface area contributed by atoms with Crippen LogP contribution in [0, 0.1) is 6.92 Å². The van der Waals surface area contributed by atoms with Crippen molar-refractivity contribution >= 4 is 29.1 Å².